The zero-order chi connectivity index (χ0) is 14.5. The van der Waals surface area contributed by atoms with E-state index in [4.69, 9.17) is 10.9 Å². The third-order valence-corrected chi connectivity index (χ3v) is 3.49. The van der Waals surface area contributed by atoms with E-state index in [-0.39, 0.29) is 17.3 Å². The molecule has 1 aromatic carbocycles. The van der Waals surface area contributed by atoms with Crippen LogP contribution < -0.4 is 11.1 Å². The highest BCUT2D eigenvalue weighted by atomic mass is 16.4. The summed E-state index contributed by atoms with van der Waals surface area (Å²) in [6.07, 6.45) is 0.487. The van der Waals surface area contributed by atoms with Gasteiger partial charge in [-0.25, -0.2) is 0 Å². The standard InChI is InChI=1S/C15H25N3O/c1-11(15(2,3)4)17-13(10-14(16)18-19)12-8-6-5-7-9-12/h5-9,11,13,17,19H,10H2,1-4H3,(H2,16,18). The topological polar surface area (TPSA) is 70.6 Å². The van der Waals surface area contributed by atoms with Crippen molar-refractivity contribution >= 4 is 5.84 Å². The molecule has 2 atom stereocenters. The SMILES string of the molecule is CC(NC(C/C(N)=N/O)c1ccccc1)C(C)(C)C. The second-order valence-corrected chi connectivity index (χ2v) is 6.01. The molecule has 0 saturated heterocycles. The van der Waals surface area contributed by atoms with E-state index in [0.717, 1.165) is 5.56 Å². The Morgan fingerprint density at radius 2 is 1.89 bits per heavy atom. The van der Waals surface area contributed by atoms with Gasteiger partial charge in [-0.2, -0.15) is 0 Å². The average Bonchev–Trinajstić information content (AvgIpc) is 2.37. The number of hydrogen-bond donors (Lipinski definition) is 3. The molecule has 4 nitrogen and oxygen atoms in total. The predicted molar refractivity (Wildman–Crippen MR) is 79.3 cm³/mol. The van der Waals surface area contributed by atoms with E-state index in [2.05, 4.69) is 50.3 Å². The molecule has 106 valence electrons. The summed E-state index contributed by atoms with van der Waals surface area (Å²) in [4.78, 5) is 0. The third-order valence-electron chi connectivity index (χ3n) is 3.49. The molecule has 2 unspecified atom stereocenters. The number of oxime groups is 1. The molecule has 0 aliphatic heterocycles. The number of nitrogens with one attached hydrogen (secondary N) is 1. The van der Waals surface area contributed by atoms with Crippen LogP contribution in [0.4, 0.5) is 0 Å². The van der Waals surface area contributed by atoms with Crippen molar-refractivity contribution < 1.29 is 5.21 Å². The second kappa shape index (κ2) is 6.57. The molecule has 1 rings (SSSR count). The van der Waals surface area contributed by atoms with Crippen molar-refractivity contribution in [1.29, 1.82) is 0 Å². The fourth-order valence-electron chi connectivity index (χ4n) is 1.76. The molecule has 0 aliphatic rings. The van der Waals surface area contributed by atoms with Crippen LogP contribution in [0, 0.1) is 5.41 Å². The molecular formula is C15H25N3O. The Balaban J connectivity index is 2.88. The van der Waals surface area contributed by atoms with Gasteiger partial charge in [0.25, 0.3) is 0 Å². The van der Waals surface area contributed by atoms with E-state index in [9.17, 15) is 0 Å². The minimum atomic E-state index is 0.0475. The van der Waals surface area contributed by atoms with Crippen molar-refractivity contribution in [1.82, 2.24) is 5.32 Å². The third kappa shape index (κ3) is 4.91. The summed E-state index contributed by atoms with van der Waals surface area (Å²) in [5.41, 5.74) is 6.95. The lowest BCUT2D eigenvalue weighted by Gasteiger charge is -2.32. The fourth-order valence-corrected chi connectivity index (χ4v) is 1.76. The molecule has 0 aliphatic carbocycles. The Bertz CT molecular complexity index is 409. The number of rotatable bonds is 5. The molecule has 0 bridgehead atoms. The first-order chi connectivity index (χ1) is 8.84. The smallest absolute Gasteiger partial charge is 0.141 e. The average molecular weight is 263 g/mol. The Kier molecular flexibility index (Phi) is 5.36. The zero-order valence-electron chi connectivity index (χ0n) is 12.2. The van der Waals surface area contributed by atoms with Gasteiger partial charge in [0.2, 0.25) is 0 Å². The molecule has 0 amide bonds. The van der Waals surface area contributed by atoms with Crippen LogP contribution >= 0.6 is 0 Å². The maximum Gasteiger partial charge on any atom is 0.141 e. The molecule has 1 aromatic rings. The first-order valence-corrected chi connectivity index (χ1v) is 6.62. The molecule has 4 N–H and O–H groups in total. The molecule has 0 saturated carbocycles. The van der Waals surface area contributed by atoms with Gasteiger partial charge in [0.05, 0.1) is 0 Å². The maximum absolute atomic E-state index is 8.76. The van der Waals surface area contributed by atoms with E-state index in [1.807, 2.05) is 18.2 Å². The highest BCUT2D eigenvalue weighted by Crippen LogP contribution is 2.24. The largest absolute Gasteiger partial charge is 0.409 e. The molecule has 0 radical (unpaired) electrons. The van der Waals surface area contributed by atoms with Gasteiger partial charge in [0.1, 0.15) is 5.84 Å². The van der Waals surface area contributed by atoms with Crippen LogP contribution in [0.15, 0.2) is 35.5 Å². The highest BCUT2D eigenvalue weighted by molar-refractivity contribution is 5.80. The Hall–Kier alpha value is -1.55. The van der Waals surface area contributed by atoms with E-state index in [1.54, 1.807) is 0 Å². The summed E-state index contributed by atoms with van der Waals surface area (Å²) >= 11 is 0. The van der Waals surface area contributed by atoms with E-state index < -0.39 is 0 Å². The number of amidine groups is 1. The van der Waals surface area contributed by atoms with Crippen molar-refractivity contribution in [2.75, 3.05) is 0 Å². The quantitative estimate of drug-likeness (QED) is 0.331. The van der Waals surface area contributed by atoms with Crippen LogP contribution in [0.25, 0.3) is 0 Å². The van der Waals surface area contributed by atoms with Crippen molar-refractivity contribution in [3.63, 3.8) is 0 Å². The second-order valence-electron chi connectivity index (χ2n) is 6.01. The summed E-state index contributed by atoms with van der Waals surface area (Å²) in [5, 5.41) is 15.4. The van der Waals surface area contributed by atoms with Crippen molar-refractivity contribution in [2.45, 2.75) is 46.2 Å². The lowest BCUT2D eigenvalue weighted by atomic mass is 9.87. The first-order valence-electron chi connectivity index (χ1n) is 6.62. The van der Waals surface area contributed by atoms with Gasteiger partial charge in [0, 0.05) is 18.5 Å². The molecule has 0 spiro atoms. The normalized spacial score (nSPS) is 16.1. The van der Waals surface area contributed by atoms with Gasteiger partial charge in [-0.1, -0.05) is 56.3 Å². The van der Waals surface area contributed by atoms with Crippen LogP contribution in [0.5, 0.6) is 0 Å². The molecule has 0 aromatic heterocycles. The van der Waals surface area contributed by atoms with Crippen LogP contribution in [-0.4, -0.2) is 17.1 Å². The van der Waals surface area contributed by atoms with Crippen LogP contribution in [0.1, 0.15) is 45.7 Å². The fraction of sp³-hybridized carbons (Fsp3) is 0.533. The van der Waals surface area contributed by atoms with Gasteiger partial charge in [-0.15, -0.1) is 0 Å². The monoisotopic (exact) mass is 263 g/mol. The summed E-state index contributed by atoms with van der Waals surface area (Å²) in [5.74, 6) is 0.238. The molecule has 0 heterocycles. The zero-order valence-corrected chi connectivity index (χ0v) is 12.2. The van der Waals surface area contributed by atoms with Crippen LogP contribution in [0.3, 0.4) is 0 Å². The number of hydrogen-bond acceptors (Lipinski definition) is 3. The summed E-state index contributed by atoms with van der Waals surface area (Å²) in [6, 6.07) is 10.4. The van der Waals surface area contributed by atoms with E-state index >= 15 is 0 Å². The molecular weight excluding hydrogens is 238 g/mol. The van der Waals surface area contributed by atoms with Gasteiger partial charge in [0.15, 0.2) is 0 Å². The summed E-state index contributed by atoms with van der Waals surface area (Å²) < 4.78 is 0. The van der Waals surface area contributed by atoms with Crippen LogP contribution in [-0.2, 0) is 0 Å². The van der Waals surface area contributed by atoms with Gasteiger partial charge in [-0.05, 0) is 17.9 Å². The van der Waals surface area contributed by atoms with E-state index in [0.29, 0.717) is 12.5 Å². The Morgan fingerprint density at radius 1 is 1.32 bits per heavy atom. The number of nitrogens with two attached hydrogens (primary N) is 1. The molecule has 4 heteroatoms. The summed E-state index contributed by atoms with van der Waals surface area (Å²) in [7, 11) is 0. The van der Waals surface area contributed by atoms with Gasteiger partial charge in [-0.3, -0.25) is 0 Å². The van der Waals surface area contributed by atoms with Crippen molar-refractivity contribution in [3.8, 4) is 0 Å². The number of benzene rings is 1. The predicted octanol–water partition coefficient (Wildman–Crippen LogP) is 2.89. The number of nitrogens with zero attached hydrogens (tertiary/aromatic N) is 1. The minimum absolute atomic E-state index is 0.0475. The highest BCUT2D eigenvalue weighted by Gasteiger charge is 2.24. The van der Waals surface area contributed by atoms with Crippen LogP contribution in [0.2, 0.25) is 0 Å². The van der Waals surface area contributed by atoms with Crippen molar-refractivity contribution in [3.05, 3.63) is 35.9 Å². The van der Waals surface area contributed by atoms with Crippen molar-refractivity contribution in [2.24, 2.45) is 16.3 Å². The summed E-state index contributed by atoms with van der Waals surface area (Å²) in [6.45, 7) is 8.73. The van der Waals surface area contributed by atoms with E-state index in [1.165, 1.54) is 0 Å². The molecule has 0 fully saturated rings. The first kappa shape index (κ1) is 15.5. The Morgan fingerprint density at radius 3 is 2.37 bits per heavy atom. The van der Waals surface area contributed by atoms with Gasteiger partial charge >= 0.3 is 0 Å². The lowest BCUT2D eigenvalue weighted by molar-refractivity contribution is 0.263. The van der Waals surface area contributed by atoms with Gasteiger partial charge < -0.3 is 16.3 Å². The maximum atomic E-state index is 8.76. The Labute approximate surface area is 115 Å². The minimum Gasteiger partial charge on any atom is -0.409 e. The molecule has 19 heavy (non-hydrogen) atoms. The lowest BCUT2D eigenvalue weighted by Crippen LogP contribution is -2.41.